The van der Waals surface area contributed by atoms with E-state index in [1.165, 1.54) is 11.3 Å². The van der Waals surface area contributed by atoms with E-state index in [1.807, 2.05) is 17.5 Å². The number of aromatic nitrogens is 2. The van der Waals surface area contributed by atoms with Gasteiger partial charge in [-0.1, -0.05) is 6.58 Å². The van der Waals surface area contributed by atoms with Gasteiger partial charge in [0.2, 0.25) is 5.91 Å². The van der Waals surface area contributed by atoms with Gasteiger partial charge in [-0.3, -0.25) is 9.78 Å². The molecule has 0 aromatic carbocycles. The quantitative estimate of drug-likeness (QED) is 0.858. The Morgan fingerprint density at radius 3 is 3.06 bits per heavy atom. The summed E-state index contributed by atoms with van der Waals surface area (Å²) >= 11 is 1.54. The number of hydrogen-bond acceptors (Lipinski definition) is 4. The molecular weight excluding hydrogens is 246 g/mol. The Hall–Kier alpha value is -2.01. The van der Waals surface area contributed by atoms with Gasteiger partial charge in [0.1, 0.15) is 5.01 Å². The van der Waals surface area contributed by atoms with Crippen molar-refractivity contribution in [2.75, 3.05) is 0 Å². The number of pyridine rings is 1. The summed E-state index contributed by atoms with van der Waals surface area (Å²) in [6.45, 7) is 5.68. The third-order valence-electron chi connectivity index (χ3n) is 2.28. The van der Waals surface area contributed by atoms with Crippen molar-refractivity contribution >= 4 is 17.2 Å². The van der Waals surface area contributed by atoms with Crippen LogP contribution in [-0.2, 0) is 11.3 Å². The fourth-order valence-corrected chi connectivity index (χ4v) is 2.14. The van der Waals surface area contributed by atoms with Crippen molar-refractivity contribution in [2.45, 2.75) is 13.5 Å². The molecule has 2 heterocycles. The highest BCUT2D eigenvalue weighted by atomic mass is 32.1. The molecule has 0 aliphatic rings. The van der Waals surface area contributed by atoms with Crippen LogP contribution in [0.5, 0.6) is 0 Å². The van der Waals surface area contributed by atoms with Crippen molar-refractivity contribution in [3.05, 3.63) is 47.8 Å². The van der Waals surface area contributed by atoms with Gasteiger partial charge in [-0.2, -0.15) is 0 Å². The molecule has 4 nitrogen and oxygen atoms in total. The van der Waals surface area contributed by atoms with Crippen molar-refractivity contribution < 1.29 is 4.79 Å². The molecule has 1 N–H and O–H groups in total. The first-order valence-corrected chi connectivity index (χ1v) is 6.33. The van der Waals surface area contributed by atoms with Crippen molar-refractivity contribution in [1.82, 2.24) is 15.3 Å². The van der Waals surface area contributed by atoms with E-state index in [4.69, 9.17) is 0 Å². The normalized spacial score (nSPS) is 10.1. The molecule has 0 spiro atoms. The molecule has 2 rings (SSSR count). The number of thiazole rings is 1. The zero-order valence-corrected chi connectivity index (χ0v) is 10.8. The second-order valence-electron chi connectivity index (χ2n) is 3.85. The lowest BCUT2D eigenvalue weighted by Gasteiger charge is -2.01. The summed E-state index contributed by atoms with van der Waals surface area (Å²) in [5.41, 5.74) is 2.33. The van der Waals surface area contributed by atoms with E-state index in [-0.39, 0.29) is 5.91 Å². The lowest BCUT2D eigenvalue weighted by molar-refractivity contribution is -0.117. The van der Waals surface area contributed by atoms with Gasteiger partial charge >= 0.3 is 0 Å². The standard InChI is InChI=1S/C13H13N3OS/c1-9(2)12(17)15-7-11-8-18-13(16-11)10-4-3-5-14-6-10/h3-6,8H,1,7H2,2H3,(H,15,17). The fourth-order valence-electron chi connectivity index (χ4n) is 1.33. The maximum absolute atomic E-state index is 11.3. The monoisotopic (exact) mass is 259 g/mol. The number of carbonyl (C=O) groups excluding carboxylic acids is 1. The zero-order valence-electron chi connectivity index (χ0n) is 10.0. The van der Waals surface area contributed by atoms with Crippen molar-refractivity contribution in [3.63, 3.8) is 0 Å². The Bertz CT molecular complexity index is 563. The first-order chi connectivity index (χ1) is 8.66. The van der Waals surface area contributed by atoms with Crippen LogP contribution in [-0.4, -0.2) is 15.9 Å². The largest absolute Gasteiger partial charge is 0.347 e. The van der Waals surface area contributed by atoms with Crippen LogP contribution >= 0.6 is 11.3 Å². The number of carbonyl (C=O) groups is 1. The second-order valence-corrected chi connectivity index (χ2v) is 4.71. The van der Waals surface area contributed by atoms with Crippen LogP contribution in [0.4, 0.5) is 0 Å². The minimum atomic E-state index is -0.147. The maximum Gasteiger partial charge on any atom is 0.246 e. The Kier molecular flexibility index (Phi) is 3.84. The third-order valence-corrected chi connectivity index (χ3v) is 3.22. The highest BCUT2D eigenvalue weighted by Gasteiger charge is 2.06. The molecule has 1 amide bonds. The maximum atomic E-state index is 11.3. The summed E-state index contributed by atoms with van der Waals surface area (Å²) in [5, 5.41) is 5.59. The number of rotatable bonds is 4. The summed E-state index contributed by atoms with van der Waals surface area (Å²) in [4.78, 5) is 19.8. The van der Waals surface area contributed by atoms with Gasteiger partial charge in [0, 0.05) is 28.9 Å². The molecule has 18 heavy (non-hydrogen) atoms. The van der Waals surface area contributed by atoms with Crippen LogP contribution in [0.15, 0.2) is 42.1 Å². The Morgan fingerprint density at radius 2 is 2.39 bits per heavy atom. The van der Waals surface area contributed by atoms with Crippen LogP contribution in [0.1, 0.15) is 12.6 Å². The number of nitrogens with zero attached hydrogens (tertiary/aromatic N) is 2. The highest BCUT2D eigenvalue weighted by molar-refractivity contribution is 7.13. The van der Waals surface area contributed by atoms with E-state index in [0.29, 0.717) is 12.1 Å². The van der Waals surface area contributed by atoms with Crippen LogP contribution < -0.4 is 5.32 Å². The molecule has 0 aliphatic carbocycles. The minimum absolute atomic E-state index is 0.147. The van der Waals surface area contributed by atoms with E-state index in [0.717, 1.165) is 16.3 Å². The van der Waals surface area contributed by atoms with Crippen LogP contribution in [0, 0.1) is 0 Å². The van der Waals surface area contributed by atoms with Crippen LogP contribution in [0.25, 0.3) is 10.6 Å². The lowest BCUT2D eigenvalue weighted by Crippen LogP contribution is -2.23. The lowest BCUT2D eigenvalue weighted by atomic mass is 10.3. The topological polar surface area (TPSA) is 54.9 Å². The predicted molar refractivity (Wildman–Crippen MR) is 72.0 cm³/mol. The molecule has 0 bridgehead atoms. The Balaban J connectivity index is 2.03. The van der Waals surface area contributed by atoms with Crippen LogP contribution in [0.3, 0.4) is 0 Å². The molecule has 0 saturated carbocycles. The molecule has 0 atom stereocenters. The van der Waals surface area contributed by atoms with E-state index in [1.54, 1.807) is 19.3 Å². The van der Waals surface area contributed by atoms with E-state index in [9.17, 15) is 4.79 Å². The minimum Gasteiger partial charge on any atom is -0.347 e. The van der Waals surface area contributed by atoms with Crippen LogP contribution in [0.2, 0.25) is 0 Å². The van der Waals surface area contributed by atoms with Gasteiger partial charge in [0.05, 0.1) is 12.2 Å². The number of nitrogens with one attached hydrogen (secondary N) is 1. The van der Waals surface area contributed by atoms with Gasteiger partial charge in [0.25, 0.3) is 0 Å². The van der Waals surface area contributed by atoms with Gasteiger partial charge in [-0.15, -0.1) is 11.3 Å². The molecule has 0 saturated heterocycles. The molecule has 0 fully saturated rings. The molecule has 0 unspecified atom stereocenters. The van der Waals surface area contributed by atoms with Crippen molar-refractivity contribution in [3.8, 4) is 10.6 Å². The van der Waals surface area contributed by atoms with E-state index < -0.39 is 0 Å². The van der Waals surface area contributed by atoms with E-state index >= 15 is 0 Å². The summed E-state index contributed by atoms with van der Waals surface area (Å²) in [6, 6.07) is 3.83. The highest BCUT2D eigenvalue weighted by Crippen LogP contribution is 2.22. The van der Waals surface area contributed by atoms with Gasteiger partial charge in [-0.25, -0.2) is 4.98 Å². The number of hydrogen-bond donors (Lipinski definition) is 1. The van der Waals surface area contributed by atoms with Gasteiger partial charge in [0.15, 0.2) is 0 Å². The summed E-state index contributed by atoms with van der Waals surface area (Å²) < 4.78 is 0. The molecule has 0 aliphatic heterocycles. The zero-order chi connectivity index (χ0) is 13.0. The third kappa shape index (κ3) is 3.01. The molecular formula is C13H13N3OS. The van der Waals surface area contributed by atoms with E-state index in [2.05, 4.69) is 21.9 Å². The average Bonchev–Trinajstić information content (AvgIpc) is 2.85. The van der Waals surface area contributed by atoms with Crippen molar-refractivity contribution in [2.24, 2.45) is 0 Å². The Labute approximate surface area is 109 Å². The molecule has 0 radical (unpaired) electrons. The fraction of sp³-hybridized carbons (Fsp3) is 0.154. The summed E-state index contributed by atoms with van der Waals surface area (Å²) in [6.07, 6.45) is 3.50. The molecule has 5 heteroatoms. The van der Waals surface area contributed by atoms with Gasteiger partial charge in [-0.05, 0) is 19.1 Å². The van der Waals surface area contributed by atoms with Crippen molar-refractivity contribution in [1.29, 1.82) is 0 Å². The second kappa shape index (κ2) is 5.55. The smallest absolute Gasteiger partial charge is 0.246 e. The first kappa shape index (κ1) is 12.4. The van der Waals surface area contributed by atoms with Gasteiger partial charge < -0.3 is 5.32 Å². The first-order valence-electron chi connectivity index (χ1n) is 5.45. The molecule has 2 aromatic rings. The average molecular weight is 259 g/mol. The molecule has 2 aromatic heterocycles. The summed E-state index contributed by atoms with van der Waals surface area (Å²) in [7, 11) is 0. The number of amides is 1. The molecule has 92 valence electrons. The predicted octanol–water partition coefficient (Wildman–Crippen LogP) is 2.40. The Morgan fingerprint density at radius 1 is 1.56 bits per heavy atom. The SMILES string of the molecule is C=C(C)C(=O)NCc1csc(-c2cccnc2)n1. The summed E-state index contributed by atoms with van der Waals surface area (Å²) in [5.74, 6) is -0.147.